The number of carbonyl (C=O) groups excluding carboxylic acids is 1. The third kappa shape index (κ3) is 4.08. The number of nitrogens with zero attached hydrogens (tertiary/aromatic N) is 4. The first-order valence-electron chi connectivity index (χ1n) is 9.10. The van der Waals surface area contributed by atoms with Gasteiger partial charge in [0.1, 0.15) is 0 Å². The molecular formula is C21H17Cl2N5O2. The summed E-state index contributed by atoms with van der Waals surface area (Å²) in [5.41, 5.74) is 3.37. The minimum absolute atomic E-state index is 0.00241. The molecule has 2 heterocycles. The van der Waals surface area contributed by atoms with Gasteiger partial charge in [-0.05, 0) is 49.7 Å². The van der Waals surface area contributed by atoms with E-state index in [1.54, 1.807) is 35.9 Å². The molecule has 4 rings (SSSR count). The van der Waals surface area contributed by atoms with Crippen molar-refractivity contribution in [3.63, 3.8) is 0 Å². The second kappa shape index (κ2) is 8.30. The van der Waals surface area contributed by atoms with Crippen LogP contribution in [-0.2, 0) is 6.54 Å². The molecule has 0 aliphatic carbocycles. The number of amides is 1. The number of nitrogens with one attached hydrogen (secondary N) is 1. The van der Waals surface area contributed by atoms with Gasteiger partial charge >= 0.3 is 6.01 Å². The summed E-state index contributed by atoms with van der Waals surface area (Å²) in [6.45, 7) is 4.07. The molecule has 0 aliphatic rings. The van der Waals surface area contributed by atoms with Crippen molar-refractivity contribution in [2.45, 2.75) is 20.4 Å². The molecule has 0 saturated heterocycles. The van der Waals surface area contributed by atoms with E-state index in [4.69, 9.17) is 27.6 Å². The molecule has 0 saturated carbocycles. The Balaban J connectivity index is 1.53. The molecule has 2 aromatic carbocycles. The molecule has 0 aliphatic heterocycles. The van der Waals surface area contributed by atoms with Crippen molar-refractivity contribution in [1.82, 2.24) is 20.0 Å². The summed E-state index contributed by atoms with van der Waals surface area (Å²) in [5.74, 6) is -0.0912. The van der Waals surface area contributed by atoms with Crippen molar-refractivity contribution in [3.05, 3.63) is 81.1 Å². The average Bonchev–Trinajstić information content (AvgIpc) is 3.28. The van der Waals surface area contributed by atoms with E-state index in [1.165, 1.54) is 0 Å². The van der Waals surface area contributed by atoms with Crippen LogP contribution in [0.3, 0.4) is 0 Å². The van der Waals surface area contributed by atoms with E-state index in [1.807, 2.05) is 31.2 Å². The zero-order chi connectivity index (χ0) is 21.3. The molecule has 152 valence electrons. The maximum absolute atomic E-state index is 12.8. The number of anilines is 1. The fourth-order valence-corrected chi connectivity index (χ4v) is 3.43. The Morgan fingerprint density at radius 1 is 1.07 bits per heavy atom. The number of halogens is 2. The number of hydrogen-bond acceptors (Lipinski definition) is 5. The van der Waals surface area contributed by atoms with Crippen LogP contribution in [0.25, 0.3) is 11.5 Å². The van der Waals surface area contributed by atoms with Gasteiger partial charge in [0.2, 0.25) is 5.89 Å². The Morgan fingerprint density at radius 3 is 2.53 bits per heavy atom. The molecule has 30 heavy (non-hydrogen) atoms. The highest BCUT2D eigenvalue weighted by atomic mass is 35.5. The molecule has 0 bridgehead atoms. The van der Waals surface area contributed by atoms with Gasteiger partial charge in [-0.1, -0.05) is 46.5 Å². The van der Waals surface area contributed by atoms with Crippen molar-refractivity contribution in [3.8, 4) is 11.5 Å². The van der Waals surface area contributed by atoms with E-state index in [2.05, 4.69) is 20.6 Å². The van der Waals surface area contributed by atoms with Gasteiger partial charge in [0.25, 0.3) is 5.91 Å². The van der Waals surface area contributed by atoms with Crippen LogP contribution in [0.2, 0.25) is 10.0 Å². The van der Waals surface area contributed by atoms with Crippen LogP contribution in [0, 0.1) is 13.8 Å². The van der Waals surface area contributed by atoms with Crippen molar-refractivity contribution < 1.29 is 9.21 Å². The van der Waals surface area contributed by atoms with Crippen LogP contribution in [0.1, 0.15) is 27.3 Å². The monoisotopic (exact) mass is 441 g/mol. The minimum Gasteiger partial charge on any atom is -0.403 e. The van der Waals surface area contributed by atoms with Crippen LogP contribution < -0.4 is 5.32 Å². The average molecular weight is 442 g/mol. The standard InChI is InChI=1S/C21H17Cl2N5O2/c1-12-18(13(2)28(27-12)11-15-5-3-4-6-17(15)23)19(29)24-21-26-25-20(30-21)14-7-9-16(22)10-8-14/h3-10H,11H2,1-2H3,(H,24,26,29). The number of carbonyl (C=O) groups is 1. The molecule has 9 heteroatoms. The molecule has 1 N–H and O–H groups in total. The van der Waals surface area contributed by atoms with Gasteiger partial charge in [-0.15, -0.1) is 5.10 Å². The topological polar surface area (TPSA) is 85.8 Å². The Labute approximate surface area is 182 Å². The quantitative estimate of drug-likeness (QED) is 0.462. The lowest BCUT2D eigenvalue weighted by molar-refractivity contribution is 0.102. The molecule has 0 spiro atoms. The molecule has 4 aromatic rings. The largest absolute Gasteiger partial charge is 0.403 e. The lowest BCUT2D eigenvalue weighted by Crippen LogP contribution is -2.14. The van der Waals surface area contributed by atoms with Gasteiger partial charge in [-0.3, -0.25) is 14.8 Å². The summed E-state index contributed by atoms with van der Waals surface area (Å²) in [5, 5.41) is 16.3. The third-order valence-electron chi connectivity index (χ3n) is 4.62. The summed E-state index contributed by atoms with van der Waals surface area (Å²) >= 11 is 12.1. The van der Waals surface area contributed by atoms with Crippen LogP contribution in [0.4, 0.5) is 6.01 Å². The van der Waals surface area contributed by atoms with Crippen molar-refractivity contribution >= 4 is 35.1 Å². The van der Waals surface area contributed by atoms with Crippen LogP contribution >= 0.6 is 23.2 Å². The first-order valence-corrected chi connectivity index (χ1v) is 9.86. The van der Waals surface area contributed by atoms with E-state index in [-0.39, 0.29) is 17.8 Å². The molecule has 7 nitrogen and oxygen atoms in total. The Bertz CT molecular complexity index is 1210. The van der Waals surface area contributed by atoms with E-state index < -0.39 is 0 Å². The first-order chi connectivity index (χ1) is 14.4. The van der Waals surface area contributed by atoms with Crippen LogP contribution in [0.5, 0.6) is 0 Å². The summed E-state index contributed by atoms with van der Waals surface area (Å²) in [6.07, 6.45) is 0. The molecule has 2 aromatic heterocycles. The van der Waals surface area contributed by atoms with E-state index in [9.17, 15) is 4.79 Å². The predicted molar refractivity (Wildman–Crippen MR) is 115 cm³/mol. The van der Waals surface area contributed by atoms with Gasteiger partial charge in [0, 0.05) is 21.3 Å². The third-order valence-corrected chi connectivity index (χ3v) is 5.24. The fraction of sp³-hybridized carbons (Fsp3) is 0.143. The molecule has 0 unspecified atom stereocenters. The molecule has 1 amide bonds. The van der Waals surface area contributed by atoms with E-state index >= 15 is 0 Å². The predicted octanol–water partition coefficient (Wildman–Crippen LogP) is 5.16. The lowest BCUT2D eigenvalue weighted by atomic mass is 10.2. The van der Waals surface area contributed by atoms with Gasteiger partial charge in [-0.2, -0.15) is 5.10 Å². The normalized spacial score (nSPS) is 10.9. The van der Waals surface area contributed by atoms with Gasteiger partial charge in [-0.25, -0.2) is 0 Å². The molecule has 0 atom stereocenters. The zero-order valence-electron chi connectivity index (χ0n) is 16.2. The lowest BCUT2D eigenvalue weighted by Gasteiger charge is -2.07. The van der Waals surface area contributed by atoms with Crippen molar-refractivity contribution in [2.24, 2.45) is 0 Å². The van der Waals surface area contributed by atoms with Crippen LogP contribution in [-0.4, -0.2) is 25.9 Å². The summed E-state index contributed by atoms with van der Waals surface area (Å²) < 4.78 is 7.31. The number of aromatic nitrogens is 4. The Kier molecular flexibility index (Phi) is 5.57. The number of aryl methyl sites for hydroxylation is 1. The number of hydrogen-bond donors (Lipinski definition) is 1. The summed E-state index contributed by atoms with van der Waals surface area (Å²) in [4.78, 5) is 12.8. The molecule has 0 radical (unpaired) electrons. The van der Waals surface area contributed by atoms with Crippen LogP contribution in [0.15, 0.2) is 52.9 Å². The Hall–Kier alpha value is -3.16. The maximum atomic E-state index is 12.8. The Morgan fingerprint density at radius 2 is 1.80 bits per heavy atom. The molecular weight excluding hydrogens is 425 g/mol. The SMILES string of the molecule is Cc1nn(Cc2ccccc2Cl)c(C)c1C(=O)Nc1nnc(-c2ccc(Cl)cc2)o1. The van der Waals surface area contributed by atoms with Gasteiger partial charge in [0.05, 0.1) is 17.8 Å². The minimum atomic E-state index is -0.373. The highest BCUT2D eigenvalue weighted by Crippen LogP contribution is 2.23. The number of rotatable bonds is 5. The van der Waals surface area contributed by atoms with E-state index in [0.29, 0.717) is 39.1 Å². The highest BCUT2D eigenvalue weighted by molar-refractivity contribution is 6.31. The highest BCUT2D eigenvalue weighted by Gasteiger charge is 2.21. The van der Waals surface area contributed by atoms with Gasteiger partial charge in [0.15, 0.2) is 0 Å². The molecule has 0 fully saturated rings. The van der Waals surface area contributed by atoms with Gasteiger partial charge < -0.3 is 4.42 Å². The van der Waals surface area contributed by atoms with Crippen molar-refractivity contribution in [1.29, 1.82) is 0 Å². The second-order valence-electron chi connectivity index (χ2n) is 6.67. The maximum Gasteiger partial charge on any atom is 0.322 e. The van der Waals surface area contributed by atoms with E-state index in [0.717, 1.165) is 5.56 Å². The summed E-state index contributed by atoms with van der Waals surface area (Å²) in [6, 6.07) is 14.5. The smallest absolute Gasteiger partial charge is 0.322 e. The summed E-state index contributed by atoms with van der Waals surface area (Å²) in [7, 11) is 0. The second-order valence-corrected chi connectivity index (χ2v) is 7.51. The first kappa shape index (κ1) is 20.1. The number of benzene rings is 2. The zero-order valence-corrected chi connectivity index (χ0v) is 17.7. The fourth-order valence-electron chi connectivity index (χ4n) is 3.11. The van der Waals surface area contributed by atoms with Crippen molar-refractivity contribution in [2.75, 3.05) is 5.32 Å².